The molecule has 1 aliphatic carbocycles. The summed E-state index contributed by atoms with van der Waals surface area (Å²) in [4.78, 5) is 11.8. The quantitative estimate of drug-likeness (QED) is 0.831. The molecule has 1 amide bonds. The van der Waals surface area contributed by atoms with E-state index in [4.69, 9.17) is 0 Å². The van der Waals surface area contributed by atoms with Gasteiger partial charge in [0.25, 0.3) is 11.7 Å². The van der Waals surface area contributed by atoms with E-state index < -0.39 is 0 Å². The van der Waals surface area contributed by atoms with Crippen LogP contribution >= 0.6 is 0 Å². The molecule has 0 atom stereocenters. The van der Waals surface area contributed by atoms with Gasteiger partial charge in [0.2, 0.25) is 0 Å². The van der Waals surface area contributed by atoms with E-state index in [2.05, 4.69) is 39.8 Å². The Hall–Kier alpha value is -1.46. The van der Waals surface area contributed by atoms with Gasteiger partial charge in [-0.1, -0.05) is 26.7 Å². The fraction of sp³-hybridized carbons (Fsp3) is 0.833. The first-order valence-corrected chi connectivity index (χ1v) is 6.63. The zero-order valence-corrected chi connectivity index (χ0v) is 11.1. The number of tetrazole rings is 1. The second-order valence-electron chi connectivity index (χ2n) is 5.72. The van der Waals surface area contributed by atoms with Crippen LogP contribution in [-0.4, -0.2) is 33.1 Å². The number of nitrogens with zero attached hydrogens (tertiary/aromatic N) is 3. The summed E-state index contributed by atoms with van der Waals surface area (Å²) in [6, 6.07) is 0. The lowest BCUT2D eigenvalue weighted by atomic mass is 9.78. The smallest absolute Gasteiger partial charge is 0.292 e. The Labute approximate surface area is 107 Å². The molecular weight excluding hydrogens is 230 g/mol. The van der Waals surface area contributed by atoms with Gasteiger partial charge in [0, 0.05) is 6.54 Å². The monoisotopic (exact) mass is 251 g/mol. The average molecular weight is 251 g/mol. The normalized spacial score (nSPS) is 18.2. The largest absolute Gasteiger partial charge is 0.349 e. The number of aromatic amines is 1. The molecule has 18 heavy (non-hydrogen) atoms. The molecule has 1 fully saturated rings. The highest BCUT2D eigenvalue weighted by molar-refractivity contribution is 5.90. The Morgan fingerprint density at radius 1 is 1.44 bits per heavy atom. The van der Waals surface area contributed by atoms with E-state index in [1.807, 2.05) is 0 Å². The van der Waals surface area contributed by atoms with E-state index in [1.165, 1.54) is 32.1 Å². The van der Waals surface area contributed by atoms with Crippen LogP contribution in [0.25, 0.3) is 0 Å². The maximum absolute atomic E-state index is 11.8. The molecule has 6 nitrogen and oxygen atoms in total. The fourth-order valence-corrected chi connectivity index (χ4v) is 3.05. The number of aromatic nitrogens is 4. The number of amides is 1. The fourth-order valence-electron chi connectivity index (χ4n) is 3.05. The number of carbonyl (C=O) groups is 1. The van der Waals surface area contributed by atoms with Crippen molar-refractivity contribution in [3.8, 4) is 0 Å². The standard InChI is InChI=1S/C12H21N5O/c1-9(2)7-12(5-3-4-6-12)8-13-11(18)10-14-16-17-15-10/h9H,3-8H2,1-2H3,(H,13,18)(H,14,15,16,17). The van der Waals surface area contributed by atoms with Crippen LogP contribution in [0.15, 0.2) is 0 Å². The van der Waals surface area contributed by atoms with Crippen LogP contribution in [-0.2, 0) is 0 Å². The van der Waals surface area contributed by atoms with E-state index in [-0.39, 0.29) is 17.1 Å². The van der Waals surface area contributed by atoms with E-state index >= 15 is 0 Å². The van der Waals surface area contributed by atoms with Crippen LogP contribution < -0.4 is 5.32 Å². The maximum atomic E-state index is 11.8. The number of rotatable bonds is 5. The molecule has 0 radical (unpaired) electrons. The summed E-state index contributed by atoms with van der Waals surface area (Å²) in [7, 11) is 0. The van der Waals surface area contributed by atoms with Gasteiger partial charge >= 0.3 is 0 Å². The number of nitrogens with one attached hydrogen (secondary N) is 2. The van der Waals surface area contributed by atoms with E-state index in [0.717, 1.165) is 6.54 Å². The lowest BCUT2D eigenvalue weighted by Crippen LogP contribution is -2.37. The predicted octanol–water partition coefficient (Wildman–Crippen LogP) is 1.54. The molecule has 2 N–H and O–H groups in total. The van der Waals surface area contributed by atoms with Crippen LogP contribution in [0.4, 0.5) is 0 Å². The molecule has 0 unspecified atom stereocenters. The molecule has 2 rings (SSSR count). The van der Waals surface area contributed by atoms with Gasteiger partial charge in [0.05, 0.1) is 0 Å². The van der Waals surface area contributed by atoms with E-state index in [1.54, 1.807) is 0 Å². The van der Waals surface area contributed by atoms with Crippen LogP contribution in [0.5, 0.6) is 0 Å². The molecule has 0 aliphatic heterocycles. The summed E-state index contributed by atoms with van der Waals surface area (Å²) in [5, 5.41) is 16.0. The molecule has 0 aromatic carbocycles. The summed E-state index contributed by atoms with van der Waals surface area (Å²) >= 11 is 0. The lowest BCUT2D eigenvalue weighted by Gasteiger charge is -2.30. The summed E-state index contributed by atoms with van der Waals surface area (Å²) in [5.74, 6) is 0.539. The summed E-state index contributed by atoms with van der Waals surface area (Å²) in [6.45, 7) is 5.20. The molecule has 0 saturated heterocycles. The van der Waals surface area contributed by atoms with Crippen molar-refractivity contribution in [2.45, 2.75) is 46.0 Å². The summed E-state index contributed by atoms with van der Waals surface area (Å²) in [6.07, 6.45) is 6.12. The minimum atomic E-state index is -0.237. The predicted molar refractivity (Wildman–Crippen MR) is 66.9 cm³/mol. The minimum Gasteiger partial charge on any atom is -0.349 e. The molecule has 1 saturated carbocycles. The van der Waals surface area contributed by atoms with Gasteiger partial charge in [-0.3, -0.25) is 4.79 Å². The zero-order valence-electron chi connectivity index (χ0n) is 11.1. The third kappa shape index (κ3) is 3.05. The van der Waals surface area contributed by atoms with Crippen molar-refractivity contribution < 1.29 is 4.79 Å². The number of carbonyl (C=O) groups excluding carboxylic acids is 1. The van der Waals surface area contributed by atoms with Crippen molar-refractivity contribution in [3.63, 3.8) is 0 Å². The number of H-pyrrole nitrogens is 1. The highest BCUT2D eigenvalue weighted by atomic mass is 16.2. The molecule has 1 aromatic rings. The van der Waals surface area contributed by atoms with Crippen molar-refractivity contribution in [1.82, 2.24) is 25.9 Å². The topological polar surface area (TPSA) is 83.6 Å². The van der Waals surface area contributed by atoms with Gasteiger partial charge in [0.15, 0.2) is 0 Å². The van der Waals surface area contributed by atoms with Gasteiger partial charge in [-0.05, 0) is 35.8 Å². The van der Waals surface area contributed by atoms with Gasteiger partial charge in [-0.2, -0.15) is 5.21 Å². The van der Waals surface area contributed by atoms with Crippen molar-refractivity contribution in [3.05, 3.63) is 5.82 Å². The van der Waals surface area contributed by atoms with Crippen LogP contribution in [0, 0.1) is 11.3 Å². The highest BCUT2D eigenvalue weighted by Crippen LogP contribution is 2.42. The molecule has 1 aliphatic rings. The van der Waals surface area contributed by atoms with E-state index in [0.29, 0.717) is 5.92 Å². The van der Waals surface area contributed by atoms with Crippen LogP contribution in [0.3, 0.4) is 0 Å². The van der Waals surface area contributed by atoms with Gasteiger partial charge in [-0.15, -0.1) is 10.2 Å². The first kappa shape index (κ1) is 13.0. The molecular formula is C12H21N5O. The second-order valence-corrected chi connectivity index (χ2v) is 5.72. The molecule has 6 heteroatoms. The minimum absolute atomic E-state index is 0.118. The summed E-state index contributed by atoms with van der Waals surface area (Å²) < 4.78 is 0. The molecule has 100 valence electrons. The SMILES string of the molecule is CC(C)CC1(CNC(=O)c2nn[nH]n2)CCCC1. The van der Waals surface area contributed by atoms with Crippen LogP contribution in [0.2, 0.25) is 0 Å². The highest BCUT2D eigenvalue weighted by Gasteiger charge is 2.34. The third-order valence-electron chi connectivity index (χ3n) is 3.68. The Bertz CT molecular complexity index is 381. The average Bonchev–Trinajstić information content (AvgIpc) is 2.96. The molecule has 0 spiro atoms. The second kappa shape index (κ2) is 5.46. The number of hydrogen-bond donors (Lipinski definition) is 2. The lowest BCUT2D eigenvalue weighted by molar-refractivity contribution is 0.0911. The van der Waals surface area contributed by atoms with Crippen LogP contribution in [0.1, 0.15) is 56.6 Å². The number of hydrogen-bond acceptors (Lipinski definition) is 4. The van der Waals surface area contributed by atoms with Gasteiger partial charge in [-0.25, -0.2) is 0 Å². The van der Waals surface area contributed by atoms with Crippen molar-refractivity contribution in [2.75, 3.05) is 6.54 Å². The van der Waals surface area contributed by atoms with Gasteiger partial charge in [0.1, 0.15) is 0 Å². The Kier molecular flexibility index (Phi) is 3.93. The van der Waals surface area contributed by atoms with Crippen molar-refractivity contribution in [1.29, 1.82) is 0 Å². The molecule has 1 aromatic heterocycles. The Balaban J connectivity index is 1.92. The van der Waals surface area contributed by atoms with Crippen molar-refractivity contribution in [2.24, 2.45) is 11.3 Å². The first-order chi connectivity index (χ1) is 8.61. The van der Waals surface area contributed by atoms with E-state index in [9.17, 15) is 4.79 Å². The molecule has 0 bridgehead atoms. The Morgan fingerprint density at radius 2 is 2.17 bits per heavy atom. The Morgan fingerprint density at radius 3 is 2.72 bits per heavy atom. The summed E-state index contributed by atoms with van der Waals surface area (Å²) in [5.41, 5.74) is 0.271. The van der Waals surface area contributed by atoms with Crippen molar-refractivity contribution >= 4 is 5.91 Å². The third-order valence-corrected chi connectivity index (χ3v) is 3.68. The first-order valence-electron chi connectivity index (χ1n) is 6.63. The van der Waals surface area contributed by atoms with Gasteiger partial charge < -0.3 is 5.32 Å². The zero-order chi connectivity index (χ0) is 13.0. The maximum Gasteiger partial charge on any atom is 0.292 e. The molecule has 1 heterocycles.